The van der Waals surface area contributed by atoms with E-state index in [-0.39, 0.29) is 5.25 Å². The second-order valence-electron chi connectivity index (χ2n) is 6.47. The number of unbranched alkanes of at least 4 members (excludes halogenated alkanes) is 9. The van der Waals surface area contributed by atoms with Gasteiger partial charge in [-0.2, -0.15) is 5.26 Å². The average molecular weight is 406 g/mol. The lowest BCUT2D eigenvalue weighted by Crippen LogP contribution is -2.15. The molecule has 0 bridgehead atoms. The molecule has 0 rings (SSSR count). The first-order chi connectivity index (χ1) is 12.1. The summed E-state index contributed by atoms with van der Waals surface area (Å²) < 4.78 is 0. The predicted molar refractivity (Wildman–Crippen MR) is 115 cm³/mol. The first-order valence-electron chi connectivity index (χ1n) is 9.60. The molecule has 0 aliphatic heterocycles. The molecule has 0 aliphatic carbocycles. The van der Waals surface area contributed by atoms with Crippen LogP contribution in [-0.4, -0.2) is 27.2 Å². The van der Waals surface area contributed by atoms with Gasteiger partial charge in [0.2, 0.25) is 0 Å². The molecule has 0 spiro atoms. The van der Waals surface area contributed by atoms with Gasteiger partial charge in [-0.25, -0.2) is 0 Å². The first kappa shape index (κ1) is 25.0. The van der Waals surface area contributed by atoms with E-state index in [4.69, 9.17) is 10.4 Å². The second-order valence-corrected chi connectivity index (χ2v) is 10.8. The summed E-state index contributed by atoms with van der Waals surface area (Å²) in [5, 5.41) is 18.8. The van der Waals surface area contributed by atoms with E-state index in [9.17, 15) is 4.79 Å². The Kier molecular flexibility index (Phi) is 18.8. The van der Waals surface area contributed by atoms with Crippen LogP contribution in [0.25, 0.3) is 0 Å². The van der Waals surface area contributed by atoms with Gasteiger partial charge >= 0.3 is 5.97 Å². The van der Waals surface area contributed by atoms with Crippen molar-refractivity contribution in [1.82, 2.24) is 0 Å². The fourth-order valence-corrected chi connectivity index (χ4v) is 6.51. The molecule has 0 aromatic heterocycles. The number of carboxylic acid groups (broad SMARTS) is 1. The summed E-state index contributed by atoms with van der Waals surface area (Å²) in [4.78, 5) is 10.8. The molecule has 0 saturated heterocycles. The van der Waals surface area contributed by atoms with Crippen LogP contribution >= 0.6 is 33.3 Å². The Morgan fingerprint density at radius 3 is 2.08 bits per heavy atom. The molecule has 2 atom stereocenters. The smallest absolute Gasteiger partial charge is 0.320 e. The Morgan fingerprint density at radius 1 is 1.00 bits per heavy atom. The number of carbonyl (C=O) groups is 1. The van der Waals surface area contributed by atoms with Crippen molar-refractivity contribution in [2.45, 2.75) is 89.7 Å². The number of aliphatic carboxylic acids is 1. The van der Waals surface area contributed by atoms with E-state index in [0.29, 0.717) is 6.42 Å². The third kappa shape index (κ3) is 17.2. The number of hydrogen-bond acceptors (Lipinski definition) is 5. The molecule has 0 fully saturated rings. The van der Waals surface area contributed by atoms with E-state index in [1.54, 1.807) is 11.8 Å². The zero-order chi connectivity index (χ0) is 18.8. The molecule has 1 N–H and O–H groups in total. The van der Waals surface area contributed by atoms with Crippen LogP contribution in [0.5, 0.6) is 0 Å². The van der Waals surface area contributed by atoms with E-state index in [1.807, 2.05) is 34.6 Å². The number of rotatable bonds is 18. The molecule has 146 valence electrons. The maximum absolute atomic E-state index is 10.8. The zero-order valence-corrected chi connectivity index (χ0v) is 18.3. The molecule has 2 unspecified atom stereocenters. The van der Waals surface area contributed by atoms with Crippen LogP contribution < -0.4 is 0 Å². The normalized spacial score (nSPS) is 13.3. The third-order valence-corrected chi connectivity index (χ3v) is 8.27. The lowest BCUT2D eigenvalue weighted by atomic mass is 10.1. The highest BCUT2D eigenvalue weighted by atomic mass is 33.1. The largest absolute Gasteiger partial charge is 0.480 e. The topological polar surface area (TPSA) is 61.1 Å². The van der Waals surface area contributed by atoms with Crippen molar-refractivity contribution in [2.75, 3.05) is 10.8 Å². The molecular weight excluding hydrogens is 370 g/mol. The van der Waals surface area contributed by atoms with E-state index < -0.39 is 11.9 Å². The van der Waals surface area contributed by atoms with Crippen molar-refractivity contribution >= 4 is 39.3 Å². The zero-order valence-electron chi connectivity index (χ0n) is 15.9. The number of nitriles is 1. The minimum Gasteiger partial charge on any atom is -0.480 e. The van der Waals surface area contributed by atoms with Crippen LogP contribution in [0.1, 0.15) is 84.5 Å². The highest BCUT2D eigenvalue weighted by molar-refractivity contribution is 8.78. The average Bonchev–Trinajstić information content (AvgIpc) is 2.59. The van der Waals surface area contributed by atoms with Crippen LogP contribution in [0.15, 0.2) is 0 Å². The van der Waals surface area contributed by atoms with Crippen molar-refractivity contribution < 1.29 is 9.90 Å². The maximum Gasteiger partial charge on any atom is 0.320 e. The molecule has 0 saturated carbocycles. The van der Waals surface area contributed by atoms with E-state index in [2.05, 4.69) is 6.92 Å². The number of nitrogens with zero attached hydrogens (tertiary/aromatic N) is 1. The lowest BCUT2D eigenvalue weighted by Gasteiger charge is -2.11. The Hall–Kier alpha value is 0.01000. The Labute approximate surface area is 166 Å². The molecule has 3 nitrogen and oxygen atoms in total. The van der Waals surface area contributed by atoms with E-state index >= 15 is 0 Å². The summed E-state index contributed by atoms with van der Waals surface area (Å²) in [6, 6.07) is 1.86. The quantitative estimate of drug-likeness (QED) is 0.151. The summed E-state index contributed by atoms with van der Waals surface area (Å²) in [7, 11) is 3.77. The van der Waals surface area contributed by atoms with Gasteiger partial charge in [0.25, 0.3) is 0 Å². The summed E-state index contributed by atoms with van der Waals surface area (Å²) in [6.45, 7) is 4.27. The van der Waals surface area contributed by atoms with E-state index in [1.165, 1.54) is 70.0 Å². The Morgan fingerprint density at radius 2 is 1.56 bits per heavy atom. The summed E-state index contributed by atoms with van der Waals surface area (Å²) in [5.74, 6) is -0.670. The highest BCUT2D eigenvalue weighted by Crippen LogP contribution is 2.30. The van der Waals surface area contributed by atoms with Gasteiger partial charge in [-0.15, -0.1) is 11.8 Å². The first-order valence-corrected chi connectivity index (χ1v) is 13.1. The van der Waals surface area contributed by atoms with Crippen molar-refractivity contribution in [3.05, 3.63) is 0 Å². The van der Waals surface area contributed by atoms with Crippen molar-refractivity contribution in [3.63, 3.8) is 0 Å². The molecule has 25 heavy (non-hydrogen) atoms. The number of thioether (sulfide) groups is 1. The Bertz CT molecular complexity index is 361. The monoisotopic (exact) mass is 405 g/mol. The standard InChI is InChI=1S/C19H35NO2S3/c1-3-4-5-6-7-8-9-10-11-12-13-24-25-16-23-17(2)14-18(15-20)19(21)22/h17-18H,3-14,16H2,1-2H3,(H,21,22). The minimum absolute atomic E-state index is 0.214. The molecule has 0 aromatic rings. The van der Waals surface area contributed by atoms with Gasteiger partial charge in [0, 0.05) is 16.1 Å². The van der Waals surface area contributed by atoms with Gasteiger partial charge in [0.15, 0.2) is 0 Å². The van der Waals surface area contributed by atoms with Crippen molar-refractivity contribution in [3.8, 4) is 6.07 Å². The SMILES string of the molecule is CCCCCCCCCCCCSSCSC(C)CC(C#N)C(=O)O. The lowest BCUT2D eigenvalue weighted by molar-refractivity contribution is -0.139. The summed E-state index contributed by atoms with van der Waals surface area (Å²) in [6.07, 6.45) is 14.2. The minimum atomic E-state index is -1.00. The van der Waals surface area contributed by atoms with Gasteiger partial charge in [-0.1, -0.05) is 93.2 Å². The third-order valence-electron chi connectivity index (χ3n) is 4.09. The van der Waals surface area contributed by atoms with Gasteiger partial charge in [0.1, 0.15) is 5.92 Å². The van der Waals surface area contributed by atoms with E-state index in [0.717, 1.165) is 5.08 Å². The van der Waals surface area contributed by atoms with Gasteiger partial charge in [-0.05, 0) is 12.8 Å². The second kappa shape index (κ2) is 18.8. The van der Waals surface area contributed by atoms with Crippen LogP contribution in [0, 0.1) is 17.2 Å². The van der Waals surface area contributed by atoms with Crippen molar-refractivity contribution in [1.29, 1.82) is 5.26 Å². The van der Waals surface area contributed by atoms with Crippen LogP contribution in [0.3, 0.4) is 0 Å². The summed E-state index contributed by atoms with van der Waals surface area (Å²) >= 11 is 1.75. The number of carboxylic acids is 1. The van der Waals surface area contributed by atoms with Gasteiger partial charge in [-0.3, -0.25) is 4.79 Å². The summed E-state index contributed by atoms with van der Waals surface area (Å²) in [5.41, 5.74) is 0. The Balaban J connectivity index is 3.28. The molecule has 0 amide bonds. The molecule has 0 aliphatic rings. The molecule has 0 heterocycles. The predicted octanol–water partition coefficient (Wildman–Crippen LogP) is 6.98. The van der Waals surface area contributed by atoms with Crippen LogP contribution in [-0.2, 0) is 4.79 Å². The van der Waals surface area contributed by atoms with Crippen LogP contribution in [0.2, 0.25) is 0 Å². The molecule has 0 aromatic carbocycles. The number of hydrogen-bond donors (Lipinski definition) is 1. The molecule has 6 heteroatoms. The molecule has 0 radical (unpaired) electrons. The fourth-order valence-electron chi connectivity index (χ4n) is 2.49. The van der Waals surface area contributed by atoms with Gasteiger partial charge < -0.3 is 5.11 Å². The van der Waals surface area contributed by atoms with Crippen LogP contribution in [0.4, 0.5) is 0 Å². The fraction of sp³-hybridized carbons (Fsp3) is 0.895. The van der Waals surface area contributed by atoms with Crippen molar-refractivity contribution in [2.24, 2.45) is 5.92 Å². The van der Waals surface area contributed by atoms with Gasteiger partial charge in [0.05, 0.1) is 6.07 Å². The highest BCUT2D eigenvalue weighted by Gasteiger charge is 2.19. The molecular formula is C19H35NO2S3. The maximum atomic E-state index is 10.8.